The van der Waals surface area contributed by atoms with E-state index in [1.54, 1.807) is 6.92 Å². The zero-order chi connectivity index (χ0) is 19.9. The highest BCUT2D eigenvalue weighted by atomic mass is 16.5. The van der Waals surface area contributed by atoms with E-state index < -0.39 is 6.10 Å². The van der Waals surface area contributed by atoms with Crippen LogP contribution in [-0.2, 0) is 11.2 Å². The molecule has 0 bridgehead atoms. The number of para-hydroxylation sites is 1. The van der Waals surface area contributed by atoms with Gasteiger partial charge in [-0.1, -0.05) is 25.1 Å². The molecule has 0 aliphatic carbocycles. The second-order valence-corrected chi connectivity index (χ2v) is 7.36. The second-order valence-electron chi connectivity index (χ2n) is 7.36. The topological polar surface area (TPSA) is 50.8 Å². The minimum absolute atomic E-state index is 0.171. The zero-order valence-electron chi connectivity index (χ0n) is 17.0. The molecular formula is C23H30N2O3. The molecule has 2 aromatic rings. The minimum Gasteiger partial charge on any atom is -0.490 e. The van der Waals surface area contributed by atoms with Gasteiger partial charge in [-0.05, 0) is 69.1 Å². The Kier molecular flexibility index (Phi) is 6.93. The molecule has 0 aromatic heterocycles. The number of benzene rings is 2. The summed E-state index contributed by atoms with van der Waals surface area (Å²) in [6.45, 7) is 5.97. The average molecular weight is 383 g/mol. The molecule has 28 heavy (non-hydrogen) atoms. The maximum absolute atomic E-state index is 12.5. The van der Waals surface area contributed by atoms with Crippen molar-refractivity contribution in [3.63, 3.8) is 0 Å². The van der Waals surface area contributed by atoms with Crippen molar-refractivity contribution in [2.75, 3.05) is 25.5 Å². The van der Waals surface area contributed by atoms with Crippen molar-refractivity contribution >= 4 is 11.6 Å². The number of carbonyl (C=O) groups excluding carboxylic acids is 1. The third-order valence-corrected chi connectivity index (χ3v) is 5.12. The normalized spacial score (nSPS) is 16.4. The molecule has 0 saturated carbocycles. The molecule has 1 atom stereocenters. The monoisotopic (exact) mass is 382 g/mol. The van der Waals surface area contributed by atoms with E-state index in [0.29, 0.717) is 0 Å². The molecule has 1 amide bonds. The number of nitrogens with one attached hydrogen (secondary N) is 1. The maximum atomic E-state index is 12.5. The fourth-order valence-corrected chi connectivity index (χ4v) is 3.31. The maximum Gasteiger partial charge on any atom is 0.265 e. The van der Waals surface area contributed by atoms with Gasteiger partial charge in [-0.2, -0.15) is 0 Å². The highest BCUT2D eigenvalue weighted by Gasteiger charge is 2.19. The van der Waals surface area contributed by atoms with Gasteiger partial charge in [0.25, 0.3) is 5.91 Å². The van der Waals surface area contributed by atoms with Crippen LogP contribution in [0.3, 0.4) is 0 Å². The second kappa shape index (κ2) is 9.60. The largest absolute Gasteiger partial charge is 0.490 e. The molecule has 1 unspecified atom stereocenters. The SMILES string of the molecule is CCc1ccccc1OC(C)C(=O)Nc1ccc(OC2CCN(C)CC2)cc1. The van der Waals surface area contributed by atoms with Gasteiger partial charge in [0.2, 0.25) is 0 Å². The average Bonchev–Trinajstić information content (AvgIpc) is 2.71. The summed E-state index contributed by atoms with van der Waals surface area (Å²) in [7, 11) is 2.14. The summed E-state index contributed by atoms with van der Waals surface area (Å²) in [5.74, 6) is 1.43. The van der Waals surface area contributed by atoms with Crippen molar-refractivity contribution < 1.29 is 14.3 Å². The van der Waals surface area contributed by atoms with E-state index in [-0.39, 0.29) is 12.0 Å². The number of carbonyl (C=O) groups is 1. The summed E-state index contributed by atoms with van der Waals surface area (Å²) >= 11 is 0. The first kappa shape index (κ1) is 20.2. The first-order valence-corrected chi connectivity index (χ1v) is 10.1. The summed E-state index contributed by atoms with van der Waals surface area (Å²) in [6.07, 6.45) is 2.64. The Morgan fingerprint density at radius 1 is 1.14 bits per heavy atom. The van der Waals surface area contributed by atoms with E-state index in [9.17, 15) is 4.79 Å². The van der Waals surface area contributed by atoms with Gasteiger partial charge in [-0.3, -0.25) is 4.79 Å². The number of hydrogen-bond donors (Lipinski definition) is 1. The lowest BCUT2D eigenvalue weighted by Gasteiger charge is -2.29. The van der Waals surface area contributed by atoms with Crippen LogP contribution >= 0.6 is 0 Å². The minimum atomic E-state index is -0.581. The van der Waals surface area contributed by atoms with Gasteiger partial charge in [-0.15, -0.1) is 0 Å². The Bertz CT molecular complexity index is 768. The Hall–Kier alpha value is -2.53. The number of rotatable bonds is 7. The number of ether oxygens (including phenoxy) is 2. The number of nitrogens with zero attached hydrogens (tertiary/aromatic N) is 1. The summed E-state index contributed by atoms with van der Waals surface area (Å²) in [6, 6.07) is 15.4. The van der Waals surface area contributed by atoms with E-state index in [1.807, 2.05) is 48.5 Å². The zero-order valence-corrected chi connectivity index (χ0v) is 17.0. The molecule has 1 fully saturated rings. The van der Waals surface area contributed by atoms with E-state index >= 15 is 0 Å². The number of hydrogen-bond acceptors (Lipinski definition) is 4. The third-order valence-electron chi connectivity index (χ3n) is 5.12. The standard InChI is InChI=1S/C23H30N2O3/c1-4-18-7-5-6-8-22(18)27-17(2)23(26)24-19-9-11-20(12-10-19)28-21-13-15-25(3)16-14-21/h5-12,17,21H,4,13-16H2,1-3H3,(H,24,26). The van der Waals surface area contributed by atoms with Gasteiger partial charge in [0.1, 0.15) is 17.6 Å². The summed E-state index contributed by atoms with van der Waals surface area (Å²) < 4.78 is 11.9. The van der Waals surface area contributed by atoms with Crippen LogP contribution < -0.4 is 14.8 Å². The molecule has 150 valence electrons. The Morgan fingerprint density at radius 3 is 2.50 bits per heavy atom. The summed E-state index contributed by atoms with van der Waals surface area (Å²) in [5.41, 5.74) is 1.83. The van der Waals surface area contributed by atoms with Crippen LogP contribution in [0.1, 0.15) is 32.3 Å². The number of amides is 1. The molecule has 2 aromatic carbocycles. The van der Waals surface area contributed by atoms with Gasteiger partial charge in [0, 0.05) is 18.8 Å². The fraction of sp³-hybridized carbons (Fsp3) is 0.435. The van der Waals surface area contributed by atoms with Gasteiger partial charge >= 0.3 is 0 Å². The predicted molar refractivity (Wildman–Crippen MR) is 112 cm³/mol. The molecule has 1 aliphatic rings. The van der Waals surface area contributed by atoms with Crippen LogP contribution in [-0.4, -0.2) is 43.2 Å². The van der Waals surface area contributed by atoms with E-state index in [4.69, 9.17) is 9.47 Å². The van der Waals surface area contributed by atoms with Crippen molar-refractivity contribution in [1.29, 1.82) is 0 Å². The van der Waals surface area contributed by atoms with E-state index in [1.165, 1.54) is 0 Å². The molecule has 5 nitrogen and oxygen atoms in total. The quantitative estimate of drug-likeness (QED) is 0.782. The molecular weight excluding hydrogens is 352 g/mol. The van der Waals surface area contributed by atoms with Crippen LogP contribution in [0.15, 0.2) is 48.5 Å². The number of piperidine rings is 1. The lowest BCUT2D eigenvalue weighted by atomic mass is 10.1. The van der Waals surface area contributed by atoms with Crippen molar-refractivity contribution in [1.82, 2.24) is 4.90 Å². The van der Waals surface area contributed by atoms with E-state index in [2.05, 4.69) is 24.2 Å². The smallest absolute Gasteiger partial charge is 0.265 e. The van der Waals surface area contributed by atoms with Crippen molar-refractivity contribution in [3.8, 4) is 11.5 Å². The number of likely N-dealkylation sites (tertiary alicyclic amines) is 1. The number of anilines is 1. The molecule has 5 heteroatoms. The van der Waals surface area contributed by atoms with E-state index in [0.717, 1.165) is 55.1 Å². The van der Waals surface area contributed by atoms with Gasteiger partial charge in [-0.25, -0.2) is 0 Å². The molecule has 1 heterocycles. The lowest BCUT2D eigenvalue weighted by molar-refractivity contribution is -0.122. The highest BCUT2D eigenvalue weighted by Crippen LogP contribution is 2.22. The lowest BCUT2D eigenvalue weighted by Crippen LogP contribution is -2.35. The predicted octanol–water partition coefficient (Wildman–Crippen LogP) is 4.13. The molecule has 3 rings (SSSR count). The number of aryl methyl sites for hydroxylation is 1. The van der Waals surface area contributed by atoms with Crippen molar-refractivity contribution in [3.05, 3.63) is 54.1 Å². The van der Waals surface area contributed by atoms with Gasteiger partial charge in [0.05, 0.1) is 0 Å². The van der Waals surface area contributed by atoms with Crippen LogP contribution in [0.2, 0.25) is 0 Å². The van der Waals surface area contributed by atoms with Crippen LogP contribution in [0.5, 0.6) is 11.5 Å². The highest BCUT2D eigenvalue weighted by molar-refractivity contribution is 5.94. The first-order valence-electron chi connectivity index (χ1n) is 10.1. The molecule has 1 saturated heterocycles. The Morgan fingerprint density at radius 2 is 1.82 bits per heavy atom. The van der Waals surface area contributed by atoms with Gasteiger partial charge < -0.3 is 19.7 Å². The Balaban J connectivity index is 1.52. The van der Waals surface area contributed by atoms with Crippen LogP contribution in [0, 0.1) is 0 Å². The fourth-order valence-electron chi connectivity index (χ4n) is 3.31. The summed E-state index contributed by atoms with van der Waals surface area (Å²) in [4.78, 5) is 14.8. The van der Waals surface area contributed by atoms with Crippen molar-refractivity contribution in [2.24, 2.45) is 0 Å². The van der Waals surface area contributed by atoms with Gasteiger partial charge in [0.15, 0.2) is 6.10 Å². The third kappa shape index (κ3) is 5.49. The van der Waals surface area contributed by atoms with Crippen LogP contribution in [0.4, 0.5) is 5.69 Å². The summed E-state index contributed by atoms with van der Waals surface area (Å²) in [5, 5.41) is 2.91. The molecule has 1 N–H and O–H groups in total. The van der Waals surface area contributed by atoms with Crippen LogP contribution in [0.25, 0.3) is 0 Å². The molecule has 0 radical (unpaired) electrons. The molecule has 0 spiro atoms. The Labute approximate surface area is 167 Å². The first-order chi connectivity index (χ1) is 13.5. The molecule has 1 aliphatic heterocycles. The van der Waals surface area contributed by atoms with Crippen molar-refractivity contribution in [2.45, 2.75) is 45.3 Å².